The number of aryl methyl sites for hydroxylation is 1. The maximum Gasteiger partial charge on any atom is 0.508 e. The first-order chi connectivity index (χ1) is 15.2. The average molecular weight is 404 g/mol. The van der Waals surface area contributed by atoms with Gasteiger partial charge in [0.05, 0.1) is 16.6 Å². The van der Waals surface area contributed by atoms with Crippen molar-refractivity contribution in [1.29, 1.82) is 0 Å². The lowest BCUT2D eigenvalue weighted by Gasteiger charge is -2.14. The molecule has 3 nitrogen and oxygen atoms in total. The summed E-state index contributed by atoms with van der Waals surface area (Å²) in [6, 6.07) is 25.8. The molecule has 0 spiro atoms. The van der Waals surface area contributed by atoms with Gasteiger partial charge in [0.25, 0.3) is 0 Å². The Balaban J connectivity index is 2.16. The van der Waals surface area contributed by atoms with Gasteiger partial charge in [-0.15, -0.1) is 0 Å². The Hall–Kier alpha value is -3.40. The molecule has 0 atom stereocenters. The third-order valence-corrected chi connectivity index (χ3v) is 6.29. The Labute approximate surface area is 183 Å². The van der Waals surface area contributed by atoms with E-state index in [1.165, 1.54) is 27.6 Å². The van der Waals surface area contributed by atoms with Crippen LogP contribution < -0.4 is 0 Å². The van der Waals surface area contributed by atoms with Gasteiger partial charge in [0.1, 0.15) is 12.2 Å². The van der Waals surface area contributed by atoms with Gasteiger partial charge in [-0.1, -0.05) is 54.6 Å². The van der Waals surface area contributed by atoms with E-state index in [0.717, 1.165) is 29.6 Å². The molecule has 31 heavy (non-hydrogen) atoms. The molecule has 0 unspecified atom stereocenters. The lowest BCUT2D eigenvalue weighted by molar-refractivity contribution is -0.379. The summed E-state index contributed by atoms with van der Waals surface area (Å²) in [7, 11) is 0. The van der Waals surface area contributed by atoms with Crippen molar-refractivity contribution >= 4 is 45.3 Å². The molecule has 3 aromatic carbocycles. The molecule has 1 aliphatic heterocycles. The highest BCUT2D eigenvalue weighted by Crippen LogP contribution is 2.28. The highest BCUT2D eigenvalue weighted by Gasteiger charge is 2.31. The fourth-order valence-electron chi connectivity index (χ4n) is 4.83. The number of fused-ring (bicyclic) bond motifs is 4. The maximum absolute atomic E-state index is 5.14. The topological polar surface area (TPSA) is 20.8 Å². The van der Waals surface area contributed by atoms with Crippen molar-refractivity contribution in [2.24, 2.45) is 0 Å². The van der Waals surface area contributed by atoms with E-state index in [1.807, 2.05) is 0 Å². The summed E-state index contributed by atoms with van der Waals surface area (Å²) >= 11 is 0. The van der Waals surface area contributed by atoms with E-state index in [-0.39, 0.29) is 0 Å². The first kappa shape index (κ1) is 19.6. The number of para-hydroxylation sites is 3. The van der Waals surface area contributed by atoms with E-state index in [4.69, 9.17) is 4.98 Å². The number of rotatable bonds is 3. The SMILES string of the molecule is CCn1c(C2=[N+](CC)B(C)C=C2)c2ccccc2c2ccccc2nc2ccccc21. The van der Waals surface area contributed by atoms with Crippen molar-refractivity contribution in [3.63, 3.8) is 0 Å². The first-order valence-corrected chi connectivity index (χ1v) is 11.2. The van der Waals surface area contributed by atoms with Crippen molar-refractivity contribution in [1.82, 2.24) is 9.55 Å². The summed E-state index contributed by atoms with van der Waals surface area (Å²) in [5.41, 5.74) is 5.68. The second-order valence-corrected chi connectivity index (χ2v) is 8.03. The van der Waals surface area contributed by atoms with Crippen LogP contribution in [0.3, 0.4) is 0 Å². The van der Waals surface area contributed by atoms with Gasteiger partial charge in [-0.2, -0.15) is 0 Å². The summed E-state index contributed by atoms with van der Waals surface area (Å²) in [5, 5.41) is 3.64. The van der Waals surface area contributed by atoms with Gasteiger partial charge < -0.3 is 9.05 Å². The quantitative estimate of drug-likeness (QED) is 0.382. The zero-order chi connectivity index (χ0) is 21.4. The molecule has 4 heteroatoms. The number of aromatic nitrogens is 2. The van der Waals surface area contributed by atoms with E-state index in [2.05, 4.69) is 115 Å². The van der Waals surface area contributed by atoms with Crippen LogP contribution in [-0.4, -0.2) is 33.1 Å². The number of nitrogens with zero attached hydrogens (tertiary/aromatic N) is 3. The zero-order valence-electron chi connectivity index (χ0n) is 18.4. The Morgan fingerprint density at radius 1 is 0.806 bits per heavy atom. The highest BCUT2D eigenvalue weighted by atomic mass is 15.0. The largest absolute Gasteiger partial charge is 0.508 e. The molecular weight excluding hydrogens is 377 g/mol. The normalized spacial score (nSPS) is 13.6. The summed E-state index contributed by atoms with van der Waals surface area (Å²) in [5.74, 6) is 2.30. The third-order valence-electron chi connectivity index (χ3n) is 6.29. The van der Waals surface area contributed by atoms with Gasteiger partial charge in [0.15, 0.2) is 5.71 Å². The lowest BCUT2D eigenvalue weighted by atomic mass is 9.66. The third kappa shape index (κ3) is 3.23. The predicted molar refractivity (Wildman–Crippen MR) is 134 cm³/mol. The Morgan fingerprint density at radius 2 is 1.45 bits per heavy atom. The van der Waals surface area contributed by atoms with Crippen molar-refractivity contribution in [2.45, 2.75) is 27.2 Å². The smallest absolute Gasteiger partial charge is 0.334 e. The molecule has 0 fully saturated rings. The lowest BCUT2D eigenvalue weighted by Crippen LogP contribution is -2.28. The number of allylic oxidation sites excluding steroid dienone is 1. The van der Waals surface area contributed by atoms with Crippen LogP contribution in [0.15, 0.2) is 84.8 Å². The predicted octanol–water partition coefficient (Wildman–Crippen LogP) is 6.04. The van der Waals surface area contributed by atoms with Crippen LogP contribution in [0.4, 0.5) is 0 Å². The molecule has 2 heterocycles. The summed E-state index contributed by atoms with van der Waals surface area (Å²) in [4.78, 5) is 5.14. The molecule has 152 valence electrons. The minimum Gasteiger partial charge on any atom is -0.334 e. The maximum atomic E-state index is 5.14. The van der Waals surface area contributed by atoms with Gasteiger partial charge in [0.2, 0.25) is 0 Å². The molecule has 1 aliphatic rings. The van der Waals surface area contributed by atoms with Crippen LogP contribution in [0.1, 0.15) is 19.5 Å². The Morgan fingerprint density at radius 3 is 2.19 bits per heavy atom. The zero-order valence-corrected chi connectivity index (χ0v) is 18.4. The molecule has 0 bridgehead atoms. The monoisotopic (exact) mass is 404 g/mol. The van der Waals surface area contributed by atoms with Crippen LogP contribution in [0.2, 0.25) is 6.82 Å². The summed E-state index contributed by atoms with van der Waals surface area (Å²) in [6.45, 7) is 8.94. The second-order valence-electron chi connectivity index (χ2n) is 8.03. The van der Waals surface area contributed by atoms with Crippen molar-refractivity contribution in [3.05, 3.63) is 90.5 Å². The van der Waals surface area contributed by atoms with Crippen LogP contribution in [0, 0.1) is 0 Å². The Kier molecular flexibility index (Phi) is 5.07. The average Bonchev–Trinajstić information content (AvgIpc) is 3.19. The molecule has 0 saturated heterocycles. The number of hydrogen-bond donors (Lipinski definition) is 0. The fourth-order valence-corrected chi connectivity index (χ4v) is 4.83. The van der Waals surface area contributed by atoms with Gasteiger partial charge in [-0.25, -0.2) is 4.98 Å². The van der Waals surface area contributed by atoms with Crippen LogP contribution in [0.25, 0.3) is 32.7 Å². The van der Waals surface area contributed by atoms with Crippen molar-refractivity contribution in [2.75, 3.05) is 6.54 Å². The number of benzene rings is 3. The molecule has 1 aromatic heterocycles. The Bertz CT molecular complexity index is 1430. The molecule has 0 amide bonds. The van der Waals surface area contributed by atoms with Gasteiger partial charge in [-0.3, -0.25) is 0 Å². The summed E-state index contributed by atoms with van der Waals surface area (Å²) in [6.07, 6.45) is 2.30. The minimum absolute atomic E-state index is 0.387. The molecule has 5 rings (SSSR count). The van der Waals surface area contributed by atoms with Crippen molar-refractivity contribution in [3.8, 4) is 0 Å². The van der Waals surface area contributed by atoms with Crippen LogP contribution in [-0.2, 0) is 6.54 Å². The second kappa shape index (κ2) is 8.03. The van der Waals surface area contributed by atoms with Crippen LogP contribution in [0.5, 0.6) is 0 Å². The molecule has 4 aromatic rings. The molecular formula is C27H27BN3+. The summed E-state index contributed by atoms with van der Waals surface area (Å²) < 4.78 is 4.92. The molecule has 0 N–H and O–H groups in total. The highest BCUT2D eigenvalue weighted by molar-refractivity contribution is 6.58. The van der Waals surface area contributed by atoms with E-state index in [9.17, 15) is 0 Å². The molecule has 0 saturated carbocycles. The standard InChI is InChI=1S/C27H27BN3/c1-4-30-25-17-11-10-16-24(25)29-23-15-9-8-13-21(23)20-12-6-7-14-22(20)27(30)26-18-19-28(3)31(26)5-2/h6-19H,4-5H2,1-3H3/q+1. The van der Waals surface area contributed by atoms with E-state index >= 15 is 0 Å². The van der Waals surface area contributed by atoms with Gasteiger partial charge >= 0.3 is 6.85 Å². The number of hydrogen-bond acceptors (Lipinski definition) is 1. The van der Waals surface area contributed by atoms with E-state index < -0.39 is 0 Å². The van der Waals surface area contributed by atoms with Crippen LogP contribution >= 0.6 is 0 Å². The van der Waals surface area contributed by atoms with E-state index in [0.29, 0.717) is 6.85 Å². The van der Waals surface area contributed by atoms with Gasteiger partial charge in [-0.05, 0) is 50.2 Å². The molecule has 0 radical (unpaired) electrons. The fraction of sp³-hybridized carbons (Fsp3) is 0.185. The van der Waals surface area contributed by atoms with Gasteiger partial charge in [0, 0.05) is 23.4 Å². The minimum atomic E-state index is 0.387. The van der Waals surface area contributed by atoms with E-state index in [1.54, 1.807) is 0 Å². The molecule has 0 aliphatic carbocycles. The van der Waals surface area contributed by atoms with Crippen molar-refractivity contribution < 1.29 is 4.49 Å². The first-order valence-electron chi connectivity index (χ1n) is 11.2.